The smallest absolute Gasteiger partial charge is 0.253 e. The molecule has 82 valence electrons. The van der Waals surface area contributed by atoms with Crippen molar-refractivity contribution in [2.24, 2.45) is 0 Å². The van der Waals surface area contributed by atoms with Gasteiger partial charge in [0.05, 0.1) is 0 Å². The summed E-state index contributed by atoms with van der Waals surface area (Å²) in [5.41, 5.74) is 1.84. The number of nitrogens with zero attached hydrogens (tertiary/aromatic N) is 1. The van der Waals surface area contributed by atoms with Gasteiger partial charge in [-0.1, -0.05) is 36.4 Å². The second-order valence-corrected chi connectivity index (χ2v) is 3.91. The molecule has 2 rings (SSSR count). The summed E-state index contributed by atoms with van der Waals surface area (Å²) in [5, 5.41) is 0. The number of benzene rings is 1. The number of amides is 1. The third kappa shape index (κ3) is 2.40. The lowest BCUT2D eigenvalue weighted by atomic mass is 10.1. The number of carbonyl (C=O) groups is 1. The molecule has 2 heteroatoms. The Morgan fingerprint density at radius 3 is 2.69 bits per heavy atom. The van der Waals surface area contributed by atoms with E-state index in [2.05, 4.69) is 0 Å². The fourth-order valence-corrected chi connectivity index (χ4v) is 1.75. The Morgan fingerprint density at radius 2 is 2.06 bits per heavy atom. The lowest BCUT2D eigenvalue weighted by Gasteiger charge is -2.13. The summed E-state index contributed by atoms with van der Waals surface area (Å²) >= 11 is 0. The average Bonchev–Trinajstić information content (AvgIpc) is 2.83. The predicted octanol–water partition coefficient (Wildman–Crippen LogP) is 2.84. The van der Waals surface area contributed by atoms with Gasteiger partial charge in [-0.2, -0.15) is 0 Å². The number of hydrogen-bond donors (Lipinski definition) is 0. The van der Waals surface area contributed by atoms with E-state index < -0.39 is 0 Å². The van der Waals surface area contributed by atoms with Crippen molar-refractivity contribution < 1.29 is 4.79 Å². The molecule has 0 atom stereocenters. The number of carbonyl (C=O) groups excluding carboxylic acids is 1. The Hall–Kier alpha value is -1.83. The van der Waals surface area contributed by atoms with Crippen molar-refractivity contribution in [1.82, 2.24) is 4.90 Å². The molecule has 2 nitrogen and oxygen atoms in total. The van der Waals surface area contributed by atoms with E-state index >= 15 is 0 Å². The highest BCUT2D eigenvalue weighted by atomic mass is 16.2. The summed E-state index contributed by atoms with van der Waals surface area (Å²) in [6, 6.07) is 9.91. The van der Waals surface area contributed by atoms with E-state index in [9.17, 15) is 4.79 Å². The normalized spacial score (nSPS) is 15.6. The molecule has 0 radical (unpaired) electrons. The second kappa shape index (κ2) is 4.79. The fraction of sp³-hybridized carbons (Fsp3) is 0.214. The minimum Gasteiger partial charge on any atom is -0.315 e. The number of hydrogen-bond acceptors (Lipinski definition) is 1. The topological polar surface area (TPSA) is 20.3 Å². The van der Waals surface area contributed by atoms with Gasteiger partial charge in [0.15, 0.2) is 0 Å². The van der Waals surface area contributed by atoms with Gasteiger partial charge in [-0.15, -0.1) is 0 Å². The monoisotopic (exact) mass is 213 g/mol. The maximum Gasteiger partial charge on any atom is 0.253 e. The Labute approximate surface area is 95.9 Å². The van der Waals surface area contributed by atoms with E-state index in [0.29, 0.717) is 0 Å². The Bertz CT molecular complexity index is 431. The summed E-state index contributed by atoms with van der Waals surface area (Å²) in [4.78, 5) is 13.7. The van der Waals surface area contributed by atoms with Crippen LogP contribution in [0.2, 0.25) is 0 Å². The van der Waals surface area contributed by atoms with Crippen molar-refractivity contribution in [3.8, 4) is 0 Å². The molecule has 0 spiro atoms. The van der Waals surface area contributed by atoms with Gasteiger partial charge in [-0.05, 0) is 25.0 Å². The molecule has 1 aliphatic heterocycles. The van der Waals surface area contributed by atoms with Gasteiger partial charge in [0, 0.05) is 18.3 Å². The average molecular weight is 213 g/mol. The standard InChI is InChI=1S/C14H15NO/c1-12(11-13-7-3-2-4-8-13)14(16)15-9-5-6-10-15/h2-5,7-9,11H,6,10H2,1H3/b12-11-. The Balaban J connectivity index is 2.12. The highest BCUT2D eigenvalue weighted by molar-refractivity contribution is 5.97. The van der Waals surface area contributed by atoms with Crippen LogP contribution in [0.4, 0.5) is 0 Å². The molecule has 1 aromatic carbocycles. The van der Waals surface area contributed by atoms with Gasteiger partial charge in [0.1, 0.15) is 0 Å². The van der Waals surface area contributed by atoms with E-state index in [1.807, 2.05) is 55.6 Å². The molecule has 1 heterocycles. The van der Waals surface area contributed by atoms with Crippen LogP contribution in [0.25, 0.3) is 6.08 Å². The zero-order valence-corrected chi connectivity index (χ0v) is 9.39. The molecule has 1 aromatic rings. The minimum atomic E-state index is 0.0950. The molecule has 1 amide bonds. The van der Waals surface area contributed by atoms with E-state index in [-0.39, 0.29) is 5.91 Å². The molecule has 0 aliphatic carbocycles. The van der Waals surface area contributed by atoms with Crippen LogP contribution >= 0.6 is 0 Å². The van der Waals surface area contributed by atoms with Gasteiger partial charge in [-0.3, -0.25) is 4.79 Å². The molecule has 1 aliphatic rings. The van der Waals surface area contributed by atoms with Crippen LogP contribution < -0.4 is 0 Å². The van der Waals surface area contributed by atoms with Crippen molar-refractivity contribution in [3.05, 3.63) is 53.7 Å². The molecule has 0 N–H and O–H groups in total. The van der Waals surface area contributed by atoms with E-state index in [1.54, 1.807) is 4.90 Å². The Morgan fingerprint density at radius 1 is 1.31 bits per heavy atom. The summed E-state index contributed by atoms with van der Waals surface area (Å²) in [6.07, 6.45) is 6.78. The van der Waals surface area contributed by atoms with Gasteiger partial charge in [0.2, 0.25) is 0 Å². The van der Waals surface area contributed by atoms with Crippen molar-refractivity contribution in [3.63, 3.8) is 0 Å². The Kier molecular flexibility index (Phi) is 3.20. The van der Waals surface area contributed by atoms with Crippen molar-refractivity contribution in [1.29, 1.82) is 0 Å². The number of rotatable bonds is 2. The van der Waals surface area contributed by atoms with Crippen molar-refractivity contribution in [2.45, 2.75) is 13.3 Å². The molecule has 0 fully saturated rings. The zero-order valence-electron chi connectivity index (χ0n) is 9.39. The first-order valence-corrected chi connectivity index (χ1v) is 5.48. The van der Waals surface area contributed by atoms with Crippen LogP contribution in [0.5, 0.6) is 0 Å². The maximum atomic E-state index is 12.0. The lowest BCUT2D eigenvalue weighted by molar-refractivity contribution is -0.124. The molecular formula is C14H15NO. The van der Waals surface area contributed by atoms with Gasteiger partial charge >= 0.3 is 0 Å². The van der Waals surface area contributed by atoms with E-state index in [1.165, 1.54) is 0 Å². The van der Waals surface area contributed by atoms with Gasteiger partial charge in [0.25, 0.3) is 5.91 Å². The molecule has 0 aromatic heterocycles. The summed E-state index contributed by atoms with van der Waals surface area (Å²) < 4.78 is 0. The molecule has 0 unspecified atom stereocenters. The third-order valence-electron chi connectivity index (χ3n) is 2.60. The SMILES string of the molecule is C/C(=C/c1ccccc1)C(=O)N1C=CCC1. The van der Waals surface area contributed by atoms with Crippen LogP contribution in [0.3, 0.4) is 0 Å². The lowest BCUT2D eigenvalue weighted by Crippen LogP contribution is -2.24. The highest BCUT2D eigenvalue weighted by Crippen LogP contribution is 2.12. The minimum absolute atomic E-state index is 0.0950. The molecule has 0 bridgehead atoms. The molecule has 16 heavy (non-hydrogen) atoms. The van der Waals surface area contributed by atoms with Crippen LogP contribution in [0, 0.1) is 0 Å². The van der Waals surface area contributed by atoms with Crippen LogP contribution in [0.1, 0.15) is 18.9 Å². The van der Waals surface area contributed by atoms with Crippen molar-refractivity contribution in [2.75, 3.05) is 6.54 Å². The van der Waals surface area contributed by atoms with Gasteiger partial charge < -0.3 is 4.90 Å². The quantitative estimate of drug-likeness (QED) is 0.692. The summed E-state index contributed by atoms with van der Waals surface area (Å²) in [5.74, 6) is 0.0950. The van der Waals surface area contributed by atoms with E-state index in [0.717, 1.165) is 24.1 Å². The van der Waals surface area contributed by atoms with Gasteiger partial charge in [-0.25, -0.2) is 0 Å². The zero-order chi connectivity index (χ0) is 11.4. The van der Waals surface area contributed by atoms with E-state index in [4.69, 9.17) is 0 Å². The summed E-state index contributed by atoms with van der Waals surface area (Å²) in [7, 11) is 0. The highest BCUT2D eigenvalue weighted by Gasteiger charge is 2.14. The van der Waals surface area contributed by atoms with Crippen molar-refractivity contribution >= 4 is 12.0 Å². The van der Waals surface area contributed by atoms with Crippen LogP contribution in [-0.4, -0.2) is 17.4 Å². The molecule has 0 saturated carbocycles. The first-order chi connectivity index (χ1) is 7.77. The first kappa shape index (κ1) is 10.7. The maximum absolute atomic E-state index is 12.0. The molecular weight excluding hydrogens is 198 g/mol. The van der Waals surface area contributed by atoms with Crippen LogP contribution in [-0.2, 0) is 4.79 Å². The fourth-order valence-electron chi connectivity index (χ4n) is 1.75. The second-order valence-electron chi connectivity index (χ2n) is 3.91. The predicted molar refractivity (Wildman–Crippen MR) is 65.6 cm³/mol. The summed E-state index contributed by atoms with van der Waals surface area (Å²) in [6.45, 7) is 2.67. The largest absolute Gasteiger partial charge is 0.315 e. The third-order valence-corrected chi connectivity index (χ3v) is 2.60. The first-order valence-electron chi connectivity index (χ1n) is 5.48. The molecule has 0 saturated heterocycles. The van der Waals surface area contributed by atoms with Crippen LogP contribution in [0.15, 0.2) is 48.2 Å².